The topological polar surface area (TPSA) is 161 Å². The van der Waals surface area contributed by atoms with E-state index in [1.165, 1.54) is 0 Å². The number of amides is 1. The first-order valence-corrected chi connectivity index (χ1v) is 10.8. The summed E-state index contributed by atoms with van der Waals surface area (Å²) in [6.07, 6.45) is 0.0440. The van der Waals surface area contributed by atoms with E-state index >= 15 is 0 Å². The number of carboxylic acids is 2. The Morgan fingerprint density at radius 1 is 1.12 bits per heavy atom. The van der Waals surface area contributed by atoms with Crippen LogP contribution in [0.5, 0.6) is 0 Å². The van der Waals surface area contributed by atoms with Crippen molar-refractivity contribution in [3.05, 3.63) is 69.3 Å². The van der Waals surface area contributed by atoms with Gasteiger partial charge in [0.1, 0.15) is 11.9 Å². The Balaban J connectivity index is 1.73. The normalized spacial score (nSPS) is 11.7. The lowest BCUT2D eigenvalue weighted by molar-refractivity contribution is -0.140. The van der Waals surface area contributed by atoms with Gasteiger partial charge in [0, 0.05) is 24.2 Å². The van der Waals surface area contributed by atoms with Crippen molar-refractivity contribution in [3.8, 4) is 0 Å². The number of aromatic nitrogens is 2. The zero-order valence-corrected chi connectivity index (χ0v) is 18.8. The first-order chi connectivity index (χ1) is 16.2. The van der Waals surface area contributed by atoms with Crippen molar-refractivity contribution in [2.75, 3.05) is 5.32 Å². The second-order valence-corrected chi connectivity index (χ2v) is 7.88. The number of carboxylic acid groups (broad SMARTS) is 2. The Hall–Kier alpha value is -4.21. The minimum Gasteiger partial charge on any atom is -0.481 e. The molecule has 3 aromatic rings. The summed E-state index contributed by atoms with van der Waals surface area (Å²) in [6, 6.07) is 9.16. The van der Waals surface area contributed by atoms with E-state index in [0.29, 0.717) is 29.7 Å². The Bertz CT molecular complexity index is 1300. The van der Waals surface area contributed by atoms with E-state index in [0.717, 1.165) is 16.8 Å². The molecule has 3 rings (SSSR count). The van der Waals surface area contributed by atoms with E-state index in [-0.39, 0.29) is 24.0 Å². The van der Waals surface area contributed by atoms with Crippen LogP contribution in [0.15, 0.2) is 41.2 Å². The molecule has 0 aliphatic heterocycles. The highest BCUT2D eigenvalue weighted by atomic mass is 16.4. The molecule has 0 bridgehead atoms. The number of aryl methyl sites for hydroxylation is 2. The number of aliphatic carboxylic acids is 2. The van der Waals surface area contributed by atoms with Crippen LogP contribution in [-0.2, 0) is 22.6 Å². The summed E-state index contributed by atoms with van der Waals surface area (Å²) in [5, 5.41) is 24.2. The summed E-state index contributed by atoms with van der Waals surface area (Å²) < 4.78 is 0. The maximum absolute atomic E-state index is 12.6. The maximum Gasteiger partial charge on any atom is 0.326 e. The SMILES string of the molecule is CCc1cc(C(=O)NC(CCC(=O)O)C(=O)O)ccc1NCc1ccc2nc(C)[nH]c(=O)c2c1. The lowest BCUT2D eigenvalue weighted by Crippen LogP contribution is -2.41. The van der Waals surface area contributed by atoms with Gasteiger partial charge in [-0.15, -0.1) is 0 Å². The first-order valence-electron chi connectivity index (χ1n) is 10.8. The molecule has 10 heteroatoms. The van der Waals surface area contributed by atoms with Crippen molar-refractivity contribution in [2.45, 2.75) is 45.7 Å². The monoisotopic (exact) mass is 466 g/mol. The van der Waals surface area contributed by atoms with Crippen molar-refractivity contribution in [3.63, 3.8) is 0 Å². The third-order valence-corrected chi connectivity index (χ3v) is 5.37. The molecule has 1 aromatic heterocycles. The molecule has 34 heavy (non-hydrogen) atoms. The van der Waals surface area contributed by atoms with Crippen molar-refractivity contribution in [2.24, 2.45) is 0 Å². The molecule has 1 heterocycles. The van der Waals surface area contributed by atoms with Gasteiger partial charge in [0.25, 0.3) is 11.5 Å². The van der Waals surface area contributed by atoms with E-state index in [1.807, 2.05) is 13.0 Å². The zero-order chi connectivity index (χ0) is 24.8. The Morgan fingerprint density at radius 2 is 1.88 bits per heavy atom. The number of nitrogens with one attached hydrogen (secondary N) is 3. The first kappa shape index (κ1) is 24.4. The van der Waals surface area contributed by atoms with Gasteiger partial charge in [0.15, 0.2) is 0 Å². The molecule has 5 N–H and O–H groups in total. The number of nitrogens with zero attached hydrogens (tertiary/aromatic N) is 1. The molecular weight excluding hydrogens is 440 g/mol. The summed E-state index contributed by atoms with van der Waals surface area (Å²) in [5.74, 6) is -2.46. The van der Waals surface area contributed by atoms with Gasteiger partial charge >= 0.3 is 11.9 Å². The zero-order valence-electron chi connectivity index (χ0n) is 18.8. The molecule has 178 valence electrons. The standard InChI is InChI=1S/C24H26N4O6/c1-3-15-11-16(22(31)28-20(24(33)34)8-9-21(29)30)5-7-18(15)25-12-14-4-6-19-17(10-14)23(32)27-13(2)26-19/h4-7,10-11,20,25H,3,8-9,12H2,1-2H3,(H,28,31)(H,29,30)(H,33,34)(H,26,27,32). The van der Waals surface area contributed by atoms with E-state index in [4.69, 9.17) is 5.11 Å². The van der Waals surface area contributed by atoms with Crippen LogP contribution >= 0.6 is 0 Å². The lowest BCUT2D eigenvalue weighted by atomic mass is 10.0. The van der Waals surface area contributed by atoms with Crippen LogP contribution in [-0.4, -0.2) is 44.1 Å². The molecule has 1 unspecified atom stereocenters. The lowest BCUT2D eigenvalue weighted by Gasteiger charge is -2.16. The number of H-pyrrole nitrogens is 1. The number of hydrogen-bond acceptors (Lipinski definition) is 6. The largest absolute Gasteiger partial charge is 0.481 e. The van der Waals surface area contributed by atoms with Gasteiger partial charge in [0.05, 0.1) is 10.9 Å². The average molecular weight is 466 g/mol. The minimum atomic E-state index is -1.29. The van der Waals surface area contributed by atoms with Gasteiger partial charge in [-0.25, -0.2) is 9.78 Å². The fraction of sp³-hybridized carbons (Fsp3) is 0.292. The van der Waals surface area contributed by atoms with Gasteiger partial charge in [0.2, 0.25) is 0 Å². The summed E-state index contributed by atoms with van der Waals surface area (Å²) in [4.78, 5) is 53.9. The highest BCUT2D eigenvalue weighted by molar-refractivity contribution is 5.97. The van der Waals surface area contributed by atoms with Gasteiger partial charge in [-0.3, -0.25) is 14.4 Å². The highest BCUT2D eigenvalue weighted by Gasteiger charge is 2.22. The fourth-order valence-corrected chi connectivity index (χ4v) is 3.58. The highest BCUT2D eigenvalue weighted by Crippen LogP contribution is 2.20. The summed E-state index contributed by atoms with van der Waals surface area (Å²) in [6.45, 7) is 4.10. The number of aromatic amines is 1. The number of anilines is 1. The summed E-state index contributed by atoms with van der Waals surface area (Å²) in [5.41, 5.74) is 3.24. The Labute approximate surface area is 195 Å². The van der Waals surface area contributed by atoms with Crippen LogP contribution in [0.1, 0.15) is 47.1 Å². The molecule has 0 radical (unpaired) electrons. The van der Waals surface area contributed by atoms with Crippen LogP contribution in [0.3, 0.4) is 0 Å². The van der Waals surface area contributed by atoms with Crippen LogP contribution in [0.2, 0.25) is 0 Å². The molecule has 0 spiro atoms. The average Bonchev–Trinajstić information content (AvgIpc) is 2.79. The minimum absolute atomic E-state index is 0.197. The van der Waals surface area contributed by atoms with E-state index < -0.39 is 23.9 Å². The molecule has 0 fully saturated rings. The smallest absolute Gasteiger partial charge is 0.326 e. The molecule has 2 aromatic carbocycles. The molecule has 1 amide bonds. The van der Waals surface area contributed by atoms with E-state index in [2.05, 4.69) is 20.6 Å². The second kappa shape index (κ2) is 10.6. The van der Waals surface area contributed by atoms with E-state index in [1.54, 1.807) is 37.3 Å². The molecule has 1 atom stereocenters. The molecule has 0 saturated heterocycles. The fourth-order valence-electron chi connectivity index (χ4n) is 3.58. The van der Waals surface area contributed by atoms with Crippen LogP contribution < -0.4 is 16.2 Å². The number of rotatable bonds is 10. The molecule has 0 saturated carbocycles. The molecule has 10 nitrogen and oxygen atoms in total. The van der Waals surface area contributed by atoms with Gasteiger partial charge < -0.3 is 25.8 Å². The summed E-state index contributed by atoms with van der Waals surface area (Å²) >= 11 is 0. The van der Waals surface area contributed by atoms with Crippen molar-refractivity contribution in [1.29, 1.82) is 0 Å². The van der Waals surface area contributed by atoms with Crippen LogP contribution in [0.4, 0.5) is 5.69 Å². The van der Waals surface area contributed by atoms with Crippen molar-refractivity contribution < 1.29 is 24.6 Å². The van der Waals surface area contributed by atoms with Gasteiger partial charge in [-0.2, -0.15) is 0 Å². The number of hydrogen-bond donors (Lipinski definition) is 5. The Morgan fingerprint density at radius 3 is 2.56 bits per heavy atom. The van der Waals surface area contributed by atoms with Crippen LogP contribution in [0.25, 0.3) is 10.9 Å². The Kier molecular flexibility index (Phi) is 7.62. The maximum atomic E-state index is 12.6. The quantitative estimate of drug-likeness (QED) is 0.304. The van der Waals surface area contributed by atoms with Crippen molar-refractivity contribution >= 4 is 34.4 Å². The van der Waals surface area contributed by atoms with Gasteiger partial charge in [-0.1, -0.05) is 13.0 Å². The second-order valence-electron chi connectivity index (χ2n) is 7.88. The number of fused-ring (bicyclic) bond motifs is 1. The predicted molar refractivity (Wildman–Crippen MR) is 126 cm³/mol. The van der Waals surface area contributed by atoms with Crippen LogP contribution in [0, 0.1) is 6.92 Å². The molecular formula is C24H26N4O6. The summed E-state index contributed by atoms with van der Waals surface area (Å²) in [7, 11) is 0. The number of carbonyl (C=O) groups is 3. The molecule has 0 aliphatic rings. The number of carbonyl (C=O) groups excluding carboxylic acids is 1. The third-order valence-electron chi connectivity index (χ3n) is 5.37. The molecule has 0 aliphatic carbocycles. The van der Waals surface area contributed by atoms with Crippen molar-refractivity contribution in [1.82, 2.24) is 15.3 Å². The van der Waals surface area contributed by atoms with E-state index in [9.17, 15) is 24.3 Å². The number of benzene rings is 2. The predicted octanol–water partition coefficient (Wildman–Crippen LogP) is 2.45. The van der Waals surface area contributed by atoms with Gasteiger partial charge in [-0.05, 0) is 61.2 Å². The third kappa shape index (κ3) is 5.97.